The van der Waals surface area contributed by atoms with Gasteiger partial charge in [0.1, 0.15) is 5.75 Å². The molecule has 2 fully saturated rings. The highest BCUT2D eigenvalue weighted by Crippen LogP contribution is 2.33. The maximum Gasteiger partial charge on any atom is 0.191 e. The van der Waals surface area contributed by atoms with Crippen molar-refractivity contribution < 1.29 is 14.2 Å². The fraction of sp³-hybridized carbons (Fsp3) is 0.611. The predicted molar refractivity (Wildman–Crippen MR) is 104 cm³/mol. The van der Waals surface area contributed by atoms with Crippen LogP contribution >= 0.6 is 11.6 Å². The van der Waals surface area contributed by atoms with Crippen LogP contribution in [0.15, 0.2) is 23.2 Å². The van der Waals surface area contributed by atoms with Gasteiger partial charge in [-0.2, -0.15) is 0 Å². The van der Waals surface area contributed by atoms with Crippen LogP contribution in [0.1, 0.15) is 6.42 Å². The molecule has 2 aliphatic rings. The summed E-state index contributed by atoms with van der Waals surface area (Å²) in [5, 5.41) is 7.52. The maximum absolute atomic E-state index is 6.16. The molecule has 8 heteroatoms. The summed E-state index contributed by atoms with van der Waals surface area (Å²) in [5.41, 5.74) is 1.03. The largest absolute Gasteiger partial charge is 0.495 e. The first-order valence-electron chi connectivity index (χ1n) is 8.94. The van der Waals surface area contributed by atoms with Crippen LogP contribution in [0.3, 0.4) is 0 Å². The lowest BCUT2D eigenvalue weighted by Crippen LogP contribution is -2.48. The first-order valence-corrected chi connectivity index (χ1v) is 9.32. The molecule has 144 valence electrons. The Morgan fingerprint density at radius 3 is 3.04 bits per heavy atom. The third kappa shape index (κ3) is 4.93. The molecular weight excluding hydrogens is 356 g/mol. The lowest BCUT2D eigenvalue weighted by Gasteiger charge is -2.25. The van der Waals surface area contributed by atoms with Crippen LogP contribution in [0.2, 0.25) is 5.02 Å². The Morgan fingerprint density at radius 2 is 2.31 bits per heavy atom. The van der Waals surface area contributed by atoms with E-state index in [0.717, 1.165) is 36.9 Å². The van der Waals surface area contributed by atoms with Crippen molar-refractivity contribution in [1.82, 2.24) is 10.6 Å². The highest BCUT2D eigenvalue weighted by Gasteiger charge is 2.26. The number of rotatable bonds is 5. The van der Waals surface area contributed by atoms with Crippen molar-refractivity contribution in [3.63, 3.8) is 0 Å². The van der Waals surface area contributed by atoms with Crippen molar-refractivity contribution >= 4 is 23.2 Å². The number of guanidine groups is 1. The fourth-order valence-electron chi connectivity index (χ4n) is 3.26. The van der Waals surface area contributed by atoms with Gasteiger partial charge in [-0.05, 0) is 24.6 Å². The number of ether oxygens (including phenoxy) is 3. The number of hydrogen-bond acceptors (Lipinski definition) is 5. The molecule has 7 nitrogen and oxygen atoms in total. The second-order valence-electron chi connectivity index (χ2n) is 6.41. The van der Waals surface area contributed by atoms with Gasteiger partial charge in [-0.25, -0.2) is 0 Å². The smallest absolute Gasteiger partial charge is 0.191 e. The summed E-state index contributed by atoms with van der Waals surface area (Å²) in [6.07, 6.45) is 1.08. The van der Waals surface area contributed by atoms with E-state index < -0.39 is 0 Å². The van der Waals surface area contributed by atoms with Crippen molar-refractivity contribution in [2.24, 2.45) is 4.99 Å². The Kier molecular flexibility index (Phi) is 6.82. The molecule has 2 heterocycles. The van der Waals surface area contributed by atoms with Crippen LogP contribution < -0.4 is 20.3 Å². The number of hydrogen-bond donors (Lipinski definition) is 2. The van der Waals surface area contributed by atoms with Gasteiger partial charge in [0.2, 0.25) is 0 Å². The number of anilines is 1. The predicted octanol–water partition coefficient (Wildman–Crippen LogP) is 1.51. The summed E-state index contributed by atoms with van der Waals surface area (Å²) in [7, 11) is 3.46. The highest BCUT2D eigenvalue weighted by atomic mass is 35.5. The van der Waals surface area contributed by atoms with Crippen molar-refractivity contribution in [2.45, 2.75) is 18.6 Å². The summed E-state index contributed by atoms with van der Waals surface area (Å²) in [6.45, 7) is 4.42. The molecule has 0 spiro atoms. The van der Waals surface area contributed by atoms with Gasteiger partial charge in [-0.3, -0.25) is 4.99 Å². The third-order valence-corrected chi connectivity index (χ3v) is 4.85. The molecule has 1 aromatic carbocycles. The second-order valence-corrected chi connectivity index (χ2v) is 6.85. The molecule has 2 aliphatic heterocycles. The quantitative estimate of drug-likeness (QED) is 0.594. The molecule has 0 radical (unpaired) electrons. The zero-order chi connectivity index (χ0) is 18.4. The Labute approximate surface area is 159 Å². The molecule has 0 amide bonds. The van der Waals surface area contributed by atoms with Crippen LogP contribution in [0.5, 0.6) is 5.75 Å². The molecule has 2 atom stereocenters. The van der Waals surface area contributed by atoms with Gasteiger partial charge in [0.25, 0.3) is 0 Å². The van der Waals surface area contributed by atoms with Crippen LogP contribution in [0.4, 0.5) is 5.69 Å². The molecule has 2 N–H and O–H groups in total. The van der Waals surface area contributed by atoms with Crippen LogP contribution in [-0.4, -0.2) is 71.7 Å². The molecule has 2 saturated heterocycles. The lowest BCUT2D eigenvalue weighted by atomic mass is 10.2. The lowest BCUT2D eigenvalue weighted by molar-refractivity contribution is -0.0850. The highest BCUT2D eigenvalue weighted by molar-refractivity contribution is 6.30. The minimum absolute atomic E-state index is 0.0677. The van der Waals surface area contributed by atoms with Gasteiger partial charge in [0, 0.05) is 37.7 Å². The fourth-order valence-corrected chi connectivity index (χ4v) is 3.43. The minimum atomic E-state index is 0.0677. The molecule has 2 unspecified atom stereocenters. The van der Waals surface area contributed by atoms with Gasteiger partial charge in [0.05, 0.1) is 38.7 Å². The van der Waals surface area contributed by atoms with E-state index in [2.05, 4.69) is 20.5 Å². The molecule has 0 aliphatic carbocycles. The van der Waals surface area contributed by atoms with E-state index >= 15 is 0 Å². The normalized spacial score (nSPS) is 23.8. The van der Waals surface area contributed by atoms with Crippen molar-refractivity contribution in [1.29, 1.82) is 0 Å². The van der Waals surface area contributed by atoms with E-state index in [1.807, 2.05) is 18.2 Å². The summed E-state index contributed by atoms with van der Waals surface area (Å²) in [4.78, 5) is 6.60. The minimum Gasteiger partial charge on any atom is -0.495 e. The molecule has 0 bridgehead atoms. The second kappa shape index (κ2) is 9.30. The summed E-state index contributed by atoms with van der Waals surface area (Å²) < 4.78 is 16.5. The third-order valence-electron chi connectivity index (χ3n) is 4.62. The first-order chi connectivity index (χ1) is 12.7. The van der Waals surface area contributed by atoms with Crippen molar-refractivity contribution in [3.8, 4) is 5.75 Å². The number of benzene rings is 1. The SMILES string of the molecule is CN=C(NCC1COCCO1)NC1CCN(c2cc(Cl)ccc2OC)C1. The topological polar surface area (TPSA) is 67.4 Å². The van der Waals surface area contributed by atoms with Gasteiger partial charge in [-0.1, -0.05) is 11.6 Å². The monoisotopic (exact) mass is 382 g/mol. The van der Waals surface area contributed by atoms with Gasteiger partial charge < -0.3 is 29.7 Å². The first kappa shape index (κ1) is 19.1. The zero-order valence-electron chi connectivity index (χ0n) is 15.3. The van der Waals surface area contributed by atoms with Crippen LogP contribution in [-0.2, 0) is 9.47 Å². The van der Waals surface area contributed by atoms with Gasteiger partial charge in [-0.15, -0.1) is 0 Å². The van der Waals surface area contributed by atoms with E-state index in [1.54, 1.807) is 14.2 Å². The zero-order valence-corrected chi connectivity index (χ0v) is 16.1. The number of halogens is 1. The number of methoxy groups -OCH3 is 1. The summed E-state index contributed by atoms with van der Waals surface area (Å²) in [5.74, 6) is 1.62. The summed E-state index contributed by atoms with van der Waals surface area (Å²) >= 11 is 6.16. The number of nitrogens with one attached hydrogen (secondary N) is 2. The average molecular weight is 383 g/mol. The maximum atomic E-state index is 6.16. The van der Waals surface area contributed by atoms with Gasteiger partial charge in [0.15, 0.2) is 5.96 Å². The van der Waals surface area contributed by atoms with Gasteiger partial charge >= 0.3 is 0 Å². The van der Waals surface area contributed by atoms with E-state index in [4.69, 9.17) is 25.8 Å². The van der Waals surface area contributed by atoms with Crippen LogP contribution in [0.25, 0.3) is 0 Å². The molecule has 1 aromatic rings. The van der Waals surface area contributed by atoms with E-state index in [9.17, 15) is 0 Å². The number of nitrogens with zero attached hydrogens (tertiary/aromatic N) is 2. The van der Waals surface area contributed by atoms with Crippen LogP contribution in [0, 0.1) is 0 Å². The molecular formula is C18H27ClN4O3. The Hall–Kier alpha value is -1.70. The number of aliphatic imine (C=N–C) groups is 1. The Balaban J connectivity index is 1.52. The molecule has 0 saturated carbocycles. The van der Waals surface area contributed by atoms with E-state index in [-0.39, 0.29) is 6.10 Å². The van der Waals surface area contributed by atoms with Crippen molar-refractivity contribution in [3.05, 3.63) is 23.2 Å². The molecule has 26 heavy (non-hydrogen) atoms. The molecule has 0 aromatic heterocycles. The van der Waals surface area contributed by atoms with Crippen molar-refractivity contribution in [2.75, 3.05) is 58.5 Å². The Morgan fingerprint density at radius 1 is 1.42 bits per heavy atom. The Bertz CT molecular complexity index is 622. The average Bonchev–Trinajstić information content (AvgIpc) is 3.14. The van der Waals surface area contributed by atoms with E-state index in [1.165, 1.54) is 0 Å². The standard InChI is InChI=1S/C18H27ClN4O3/c1-20-18(21-10-15-12-25-7-8-26-15)22-14-5-6-23(11-14)16-9-13(19)3-4-17(16)24-2/h3-4,9,14-15H,5-8,10-12H2,1-2H3,(H2,20,21,22). The summed E-state index contributed by atoms with van der Waals surface area (Å²) in [6, 6.07) is 6.01. The van der Waals surface area contributed by atoms with E-state index in [0.29, 0.717) is 37.4 Å². The molecule has 3 rings (SSSR count).